The molecule has 2 aromatic rings. The third-order valence-corrected chi connectivity index (χ3v) is 4.76. The fourth-order valence-corrected chi connectivity index (χ4v) is 3.26. The Morgan fingerprint density at radius 2 is 1.79 bits per heavy atom. The van der Waals surface area contributed by atoms with Gasteiger partial charge >= 0.3 is 0 Å². The summed E-state index contributed by atoms with van der Waals surface area (Å²) in [4.78, 5) is 1.27. The van der Waals surface area contributed by atoms with Crippen LogP contribution in [0, 0.1) is 0 Å². The van der Waals surface area contributed by atoms with Crippen molar-refractivity contribution in [2.45, 2.75) is 11.0 Å². The molecule has 126 valence electrons. The van der Waals surface area contributed by atoms with Gasteiger partial charge in [0.25, 0.3) is 0 Å². The fourth-order valence-electron chi connectivity index (χ4n) is 2.28. The maximum atomic E-state index is 5.89. The Labute approximate surface area is 151 Å². The van der Waals surface area contributed by atoms with Crippen molar-refractivity contribution in [2.24, 2.45) is 0 Å². The highest BCUT2D eigenvalue weighted by Crippen LogP contribution is 2.30. The van der Waals surface area contributed by atoms with Crippen molar-refractivity contribution in [3.8, 4) is 11.5 Å². The van der Waals surface area contributed by atoms with Crippen LogP contribution in [0.2, 0.25) is 0 Å². The van der Waals surface area contributed by atoms with E-state index in [1.165, 1.54) is 4.90 Å². The van der Waals surface area contributed by atoms with Gasteiger partial charge in [0.15, 0.2) is 16.6 Å². The van der Waals surface area contributed by atoms with Gasteiger partial charge in [-0.15, -0.1) is 11.8 Å². The van der Waals surface area contributed by atoms with Crippen molar-refractivity contribution in [1.29, 1.82) is 0 Å². The van der Waals surface area contributed by atoms with Crippen LogP contribution in [0.4, 0.5) is 0 Å². The molecule has 0 bridgehead atoms. The highest BCUT2D eigenvalue weighted by Gasteiger charge is 2.20. The Morgan fingerprint density at radius 1 is 1.04 bits per heavy atom. The summed E-state index contributed by atoms with van der Waals surface area (Å²) in [6, 6.07) is 18.0. The summed E-state index contributed by atoms with van der Waals surface area (Å²) in [5, 5.41) is 7.05. The molecule has 3 rings (SSSR count). The van der Waals surface area contributed by atoms with Crippen LogP contribution in [0.5, 0.6) is 11.5 Å². The van der Waals surface area contributed by atoms with Gasteiger partial charge in [-0.1, -0.05) is 30.3 Å². The number of rotatable bonds is 6. The number of thiocarbonyl (C=S) groups is 1. The first-order chi connectivity index (χ1) is 11.8. The molecule has 4 nitrogen and oxygen atoms in total. The predicted octanol–water partition coefficient (Wildman–Crippen LogP) is 3.08. The average molecular weight is 361 g/mol. The molecule has 0 aromatic heterocycles. The summed E-state index contributed by atoms with van der Waals surface area (Å²) in [7, 11) is 0. The summed E-state index contributed by atoms with van der Waals surface area (Å²) in [6.45, 7) is 1.96. The van der Waals surface area contributed by atoms with Crippen molar-refractivity contribution in [3.05, 3.63) is 54.6 Å². The van der Waals surface area contributed by atoms with Gasteiger partial charge in [0, 0.05) is 17.2 Å². The van der Waals surface area contributed by atoms with E-state index < -0.39 is 0 Å². The Bertz CT molecular complexity index is 667. The van der Waals surface area contributed by atoms with Crippen LogP contribution in [0.15, 0.2) is 59.5 Å². The predicted molar refractivity (Wildman–Crippen MR) is 102 cm³/mol. The number of ether oxygens (including phenoxy) is 2. The molecule has 1 unspecified atom stereocenters. The van der Waals surface area contributed by atoms with Crippen LogP contribution < -0.4 is 20.1 Å². The Balaban J connectivity index is 1.32. The number of fused-ring (bicyclic) bond motifs is 1. The van der Waals surface area contributed by atoms with E-state index in [1.54, 1.807) is 11.8 Å². The molecule has 6 heteroatoms. The quantitative estimate of drug-likeness (QED) is 0.469. The van der Waals surface area contributed by atoms with Crippen LogP contribution in [-0.2, 0) is 0 Å². The molecular formula is C18H20N2O2S2. The zero-order chi connectivity index (χ0) is 16.6. The summed E-state index contributed by atoms with van der Waals surface area (Å²) < 4.78 is 11.6. The van der Waals surface area contributed by atoms with Crippen LogP contribution >= 0.6 is 24.0 Å². The average Bonchev–Trinajstić information content (AvgIpc) is 2.64. The van der Waals surface area contributed by atoms with E-state index in [9.17, 15) is 0 Å². The molecule has 0 aliphatic carbocycles. The van der Waals surface area contributed by atoms with Crippen molar-refractivity contribution < 1.29 is 9.47 Å². The molecule has 0 amide bonds. The van der Waals surface area contributed by atoms with E-state index in [0.717, 1.165) is 23.8 Å². The van der Waals surface area contributed by atoms with Gasteiger partial charge in [0.1, 0.15) is 12.7 Å². The Kier molecular flexibility index (Phi) is 6.20. The first-order valence-corrected chi connectivity index (χ1v) is 9.29. The molecule has 1 atom stereocenters. The molecule has 24 heavy (non-hydrogen) atoms. The van der Waals surface area contributed by atoms with Crippen molar-refractivity contribution in [1.82, 2.24) is 10.6 Å². The second-order valence-electron chi connectivity index (χ2n) is 5.30. The van der Waals surface area contributed by atoms with Crippen molar-refractivity contribution in [3.63, 3.8) is 0 Å². The number of hydrogen-bond acceptors (Lipinski definition) is 4. The summed E-state index contributed by atoms with van der Waals surface area (Å²) in [6.07, 6.45) is -0.0432. The monoisotopic (exact) mass is 360 g/mol. The minimum Gasteiger partial charge on any atom is -0.486 e. The third kappa shape index (κ3) is 5.04. The minimum atomic E-state index is -0.0432. The molecular weight excluding hydrogens is 340 g/mol. The largest absolute Gasteiger partial charge is 0.486 e. The van der Waals surface area contributed by atoms with Gasteiger partial charge < -0.3 is 20.1 Å². The van der Waals surface area contributed by atoms with Gasteiger partial charge in [0.05, 0.1) is 6.54 Å². The molecule has 1 aliphatic rings. The topological polar surface area (TPSA) is 42.5 Å². The first-order valence-electron chi connectivity index (χ1n) is 7.89. The number of benzene rings is 2. The molecule has 2 N–H and O–H groups in total. The highest BCUT2D eigenvalue weighted by molar-refractivity contribution is 7.99. The molecule has 0 saturated heterocycles. The Hall–Kier alpha value is -1.92. The van der Waals surface area contributed by atoms with Crippen molar-refractivity contribution >= 4 is 29.1 Å². The standard InChI is InChI=1S/C18H20N2O2S2/c23-18(19-10-11-24-15-6-2-1-3-7-15)20-12-14-13-21-16-8-4-5-9-17(16)22-14/h1-9,14H,10-13H2,(H2,19,20,23). The van der Waals surface area contributed by atoms with Crippen LogP contribution in [-0.4, -0.2) is 36.7 Å². The molecule has 0 radical (unpaired) electrons. The second-order valence-corrected chi connectivity index (χ2v) is 6.87. The zero-order valence-corrected chi connectivity index (χ0v) is 14.9. The Morgan fingerprint density at radius 3 is 2.62 bits per heavy atom. The number of para-hydroxylation sites is 2. The lowest BCUT2D eigenvalue weighted by Gasteiger charge is -2.26. The summed E-state index contributed by atoms with van der Waals surface area (Å²) >= 11 is 7.11. The summed E-state index contributed by atoms with van der Waals surface area (Å²) in [5.74, 6) is 2.54. The van der Waals surface area contributed by atoms with E-state index in [4.69, 9.17) is 21.7 Å². The van der Waals surface area contributed by atoms with Crippen LogP contribution in [0.25, 0.3) is 0 Å². The van der Waals surface area contributed by atoms with Gasteiger partial charge in [-0.05, 0) is 36.5 Å². The molecule has 0 spiro atoms. The molecule has 0 saturated carbocycles. The van der Waals surface area contributed by atoms with E-state index in [2.05, 4.69) is 22.8 Å². The van der Waals surface area contributed by atoms with Crippen LogP contribution in [0.3, 0.4) is 0 Å². The molecule has 0 fully saturated rings. The lowest BCUT2D eigenvalue weighted by atomic mass is 10.2. The van der Waals surface area contributed by atoms with E-state index >= 15 is 0 Å². The minimum absolute atomic E-state index is 0.0432. The third-order valence-electron chi connectivity index (χ3n) is 3.46. The van der Waals surface area contributed by atoms with Gasteiger partial charge in [-0.3, -0.25) is 0 Å². The molecule has 2 aromatic carbocycles. The maximum Gasteiger partial charge on any atom is 0.166 e. The summed E-state index contributed by atoms with van der Waals surface area (Å²) in [5.41, 5.74) is 0. The van der Waals surface area contributed by atoms with E-state index in [0.29, 0.717) is 18.3 Å². The molecule has 1 heterocycles. The lowest BCUT2D eigenvalue weighted by molar-refractivity contribution is 0.0937. The number of thioether (sulfide) groups is 1. The zero-order valence-electron chi connectivity index (χ0n) is 13.2. The smallest absolute Gasteiger partial charge is 0.166 e. The number of hydrogen-bond donors (Lipinski definition) is 2. The second kappa shape index (κ2) is 8.80. The lowest BCUT2D eigenvalue weighted by Crippen LogP contribution is -2.44. The van der Waals surface area contributed by atoms with E-state index in [1.807, 2.05) is 42.5 Å². The highest BCUT2D eigenvalue weighted by atomic mass is 32.2. The fraction of sp³-hybridized carbons (Fsp3) is 0.278. The first kappa shape index (κ1) is 16.9. The molecule has 1 aliphatic heterocycles. The van der Waals surface area contributed by atoms with Crippen molar-refractivity contribution in [2.75, 3.05) is 25.4 Å². The SMILES string of the molecule is S=C(NCCSc1ccccc1)NCC1COc2ccccc2O1. The van der Waals surface area contributed by atoms with Gasteiger partial charge in [-0.25, -0.2) is 0 Å². The van der Waals surface area contributed by atoms with Crippen LogP contribution in [0.1, 0.15) is 0 Å². The normalized spacial score (nSPS) is 15.6. The number of nitrogens with one attached hydrogen (secondary N) is 2. The van der Waals surface area contributed by atoms with Gasteiger partial charge in [0.2, 0.25) is 0 Å². The van der Waals surface area contributed by atoms with E-state index in [-0.39, 0.29) is 6.10 Å². The maximum absolute atomic E-state index is 5.89. The van der Waals surface area contributed by atoms with Gasteiger partial charge in [-0.2, -0.15) is 0 Å².